The number of benzene rings is 1. The van der Waals surface area contributed by atoms with Crippen molar-refractivity contribution in [2.24, 2.45) is 0 Å². The van der Waals surface area contributed by atoms with Gasteiger partial charge in [0.05, 0.1) is 16.1 Å². The van der Waals surface area contributed by atoms with Gasteiger partial charge in [-0.2, -0.15) is 0 Å². The van der Waals surface area contributed by atoms with Crippen molar-refractivity contribution < 1.29 is 4.42 Å². The van der Waals surface area contributed by atoms with Gasteiger partial charge in [0.25, 0.3) is 0 Å². The van der Waals surface area contributed by atoms with Gasteiger partial charge in [-0.05, 0) is 30.4 Å². The van der Waals surface area contributed by atoms with Crippen molar-refractivity contribution in [2.75, 3.05) is 0 Å². The first-order valence-corrected chi connectivity index (χ1v) is 17.7. The van der Waals surface area contributed by atoms with Gasteiger partial charge in [0, 0.05) is 12.8 Å². The van der Waals surface area contributed by atoms with Crippen molar-refractivity contribution in [3.63, 3.8) is 0 Å². The molecule has 28 heavy (non-hydrogen) atoms. The minimum absolute atomic E-state index is 0.871. The lowest BCUT2D eigenvalue weighted by Gasteiger charge is -2.24. The Kier molecular flexibility index (Phi) is 6.30. The molecule has 1 aliphatic rings. The van der Waals surface area contributed by atoms with Crippen molar-refractivity contribution in [1.82, 2.24) is 4.98 Å². The average Bonchev–Trinajstić information content (AvgIpc) is 3.02. The standard InChI is InChI=1S/C24H35NOSi2/c1-27(2,3)18-21(28(4,5)6)17-20-13-10-14-22-24(20)25-23(26-22)16-15-19-11-8-7-9-12-19/h7-9,11-12,17-18H,10,13-16H2,1-6H3/b20-17-,21-18-. The number of nitrogens with zero attached hydrogens (tertiary/aromatic N) is 1. The van der Waals surface area contributed by atoms with Crippen LogP contribution in [0.3, 0.4) is 0 Å². The number of fused-ring (bicyclic) bond motifs is 1. The molecule has 0 amide bonds. The Hall–Kier alpha value is -1.66. The fraction of sp³-hybridized carbons (Fsp3) is 0.458. The van der Waals surface area contributed by atoms with Crippen LogP contribution < -0.4 is 0 Å². The summed E-state index contributed by atoms with van der Waals surface area (Å²) in [5.74, 6) is 1.99. The highest BCUT2D eigenvalue weighted by molar-refractivity contribution is 6.88. The molecule has 0 saturated carbocycles. The molecule has 0 bridgehead atoms. The first kappa shape index (κ1) is 21.1. The number of rotatable bonds is 6. The molecule has 4 heteroatoms. The normalized spacial score (nSPS) is 17.1. The first-order valence-electron chi connectivity index (χ1n) is 10.6. The molecule has 1 heterocycles. The van der Waals surface area contributed by atoms with Crippen molar-refractivity contribution in [2.45, 2.75) is 71.4 Å². The largest absolute Gasteiger partial charge is 0.445 e. The number of oxazole rings is 1. The van der Waals surface area contributed by atoms with Crippen molar-refractivity contribution in [3.05, 3.63) is 70.2 Å². The molecule has 0 N–H and O–H groups in total. The highest BCUT2D eigenvalue weighted by Crippen LogP contribution is 2.34. The predicted molar refractivity (Wildman–Crippen MR) is 126 cm³/mol. The fourth-order valence-corrected chi connectivity index (χ4v) is 8.31. The molecule has 0 radical (unpaired) electrons. The molecule has 0 saturated heterocycles. The molecule has 1 aromatic heterocycles. The van der Waals surface area contributed by atoms with Crippen LogP contribution in [-0.2, 0) is 19.3 Å². The van der Waals surface area contributed by atoms with Crippen molar-refractivity contribution >= 4 is 21.7 Å². The van der Waals surface area contributed by atoms with Gasteiger partial charge in [0.2, 0.25) is 0 Å². The van der Waals surface area contributed by atoms with E-state index in [4.69, 9.17) is 9.40 Å². The maximum absolute atomic E-state index is 6.17. The summed E-state index contributed by atoms with van der Waals surface area (Å²) in [5, 5.41) is 1.59. The molecule has 0 fully saturated rings. The summed E-state index contributed by atoms with van der Waals surface area (Å²) in [6.07, 6.45) is 7.63. The zero-order valence-electron chi connectivity index (χ0n) is 18.4. The average molecular weight is 410 g/mol. The Morgan fingerprint density at radius 3 is 2.36 bits per heavy atom. The van der Waals surface area contributed by atoms with Gasteiger partial charge in [-0.3, -0.25) is 0 Å². The third-order valence-corrected chi connectivity index (χ3v) is 8.64. The van der Waals surface area contributed by atoms with E-state index in [0.717, 1.165) is 49.4 Å². The molecule has 0 atom stereocenters. The van der Waals surface area contributed by atoms with Gasteiger partial charge >= 0.3 is 0 Å². The molecule has 1 aliphatic carbocycles. The molecule has 150 valence electrons. The van der Waals surface area contributed by atoms with Crippen LogP contribution in [0.25, 0.3) is 5.57 Å². The number of allylic oxidation sites excluding steroid dienone is 3. The summed E-state index contributed by atoms with van der Waals surface area (Å²) < 4.78 is 6.17. The minimum Gasteiger partial charge on any atom is -0.445 e. The monoisotopic (exact) mass is 409 g/mol. The second kappa shape index (κ2) is 8.38. The Morgan fingerprint density at radius 2 is 1.71 bits per heavy atom. The van der Waals surface area contributed by atoms with Crippen LogP contribution in [0.1, 0.15) is 35.7 Å². The molecule has 0 spiro atoms. The number of hydrogen-bond donors (Lipinski definition) is 0. The van der Waals surface area contributed by atoms with E-state index in [2.05, 4.69) is 81.4 Å². The van der Waals surface area contributed by atoms with Crippen LogP contribution in [0.4, 0.5) is 0 Å². The molecular weight excluding hydrogens is 374 g/mol. The summed E-state index contributed by atoms with van der Waals surface area (Å²) in [5.41, 5.74) is 6.47. The van der Waals surface area contributed by atoms with Crippen LogP contribution in [0.15, 0.2) is 51.7 Å². The van der Waals surface area contributed by atoms with E-state index in [-0.39, 0.29) is 0 Å². The molecule has 1 aromatic carbocycles. The molecule has 2 nitrogen and oxygen atoms in total. The summed E-state index contributed by atoms with van der Waals surface area (Å²) in [4.78, 5) is 4.94. The predicted octanol–water partition coefficient (Wildman–Crippen LogP) is 6.86. The highest BCUT2D eigenvalue weighted by atomic mass is 28.3. The zero-order chi connectivity index (χ0) is 20.4. The summed E-state index contributed by atoms with van der Waals surface area (Å²) >= 11 is 0. The van der Waals surface area contributed by atoms with E-state index < -0.39 is 16.1 Å². The molecule has 2 aromatic rings. The van der Waals surface area contributed by atoms with E-state index >= 15 is 0 Å². The lowest BCUT2D eigenvalue weighted by Crippen LogP contribution is -2.28. The molecule has 0 unspecified atom stereocenters. The Morgan fingerprint density at radius 1 is 1.00 bits per heavy atom. The smallest absolute Gasteiger partial charge is 0.195 e. The maximum atomic E-state index is 6.17. The van der Waals surface area contributed by atoms with Crippen LogP contribution in [0.2, 0.25) is 39.3 Å². The van der Waals surface area contributed by atoms with Crippen molar-refractivity contribution in [3.8, 4) is 0 Å². The lowest BCUT2D eigenvalue weighted by atomic mass is 9.96. The SMILES string of the molecule is C[Si](C)(C)/C=C(/C=C1/CCCc2oc(CCc3ccccc3)nc21)[Si](C)(C)C. The third-order valence-electron chi connectivity index (χ3n) is 5.15. The second-order valence-electron chi connectivity index (χ2n) is 10.1. The topological polar surface area (TPSA) is 26.0 Å². The highest BCUT2D eigenvalue weighted by Gasteiger charge is 2.25. The quantitative estimate of drug-likeness (QED) is 0.487. The number of hydrogen-bond acceptors (Lipinski definition) is 2. The summed E-state index contributed by atoms with van der Waals surface area (Å²) in [6, 6.07) is 10.6. The summed E-state index contributed by atoms with van der Waals surface area (Å²) in [7, 11) is -2.66. The van der Waals surface area contributed by atoms with E-state index in [1.165, 1.54) is 11.1 Å². The first-order chi connectivity index (χ1) is 13.1. The lowest BCUT2D eigenvalue weighted by molar-refractivity contribution is 0.447. The maximum Gasteiger partial charge on any atom is 0.195 e. The number of aryl methyl sites for hydroxylation is 3. The van der Waals surface area contributed by atoms with E-state index in [0.29, 0.717) is 0 Å². The van der Waals surface area contributed by atoms with Gasteiger partial charge in [-0.25, -0.2) is 4.98 Å². The number of aromatic nitrogens is 1. The Bertz CT molecular complexity index is 864. The van der Waals surface area contributed by atoms with Crippen LogP contribution >= 0.6 is 0 Å². The van der Waals surface area contributed by atoms with Crippen molar-refractivity contribution in [1.29, 1.82) is 0 Å². The van der Waals surface area contributed by atoms with Gasteiger partial charge in [0.15, 0.2) is 5.89 Å². The van der Waals surface area contributed by atoms with Crippen LogP contribution in [0, 0.1) is 0 Å². The minimum atomic E-state index is -1.39. The molecule has 3 rings (SSSR count). The Labute approximate surface area is 172 Å². The Balaban J connectivity index is 1.87. The third kappa shape index (κ3) is 5.68. The van der Waals surface area contributed by atoms with E-state index in [9.17, 15) is 0 Å². The van der Waals surface area contributed by atoms with E-state index in [1.807, 2.05) is 0 Å². The van der Waals surface area contributed by atoms with Crippen LogP contribution in [0.5, 0.6) is 0 Å². The van der Waals surface area contributed by atoms with Crippen LogP contribution in [-0.4, -0.2) is 21.1 Å². The fourth-order valence-electron chi connectivity index (χ4n) is 3.65. The molecular formula is C24H35NOSi2. The van der Waals surface area contributed by atoms with Gasteiger partial charge in [-0.1, -0.05) is 86.6 Å². The second-order valence-corrected chi connectivity index (χ2v) is 20.2. The van der Waals surface area contributed by atoms with E-state index in [1.54, 1.807) is 5.20 Å². The summed E-state index contributed by atoms with van der Waals surface area (Å²) in [6.45, 7) is 14.6. The van der Waals surface area contributed by atoms with Gasteiger partial charge in [-0.15, -0.1) is 0 Å². The zero-order valence-corrected chi connectivity index (χ0v) is 20.4. The molecule has 0 aliphatic heterocycles. The van der Waals surface area contributed by atoms with Gasteiger partial charge < -0.3 is 4.42 Å². The van der Waals surface area contributed by atoms with Gasteiger partial charge in [0.1, 0.15) is 11.5 Å².